The van der Waals surface area contributed by atoms with E-state index in [1.807, 2.05) is 36.0 Å². The van der Waals surface area contributed by atoms with Crippen LogP contribution in [0.25, 0.3) is 44.4 Å². The molecule has 3 aromatic carbocycles. The molecule has 2 aliphatic heterocycles. The highest BCUT2D eigenvalue weighted by molar-refractivity contribution is 5.91. The van der Waals surface area contributed by atoms with Crippen LogP contribution in [0.1, 0.15) is 90.0 Å². The van der Waals surface area contributed by atoms with Gasteiger partial charge in [-0.3, -0.25) is 9.59 Å². The van der Waals surface area contributed by atoms with Crippen LogP contribution in [-0.4, -0.2) is 105 Å². The van der Waals surface area contributed by atoms with E-state index in [2.05, 4.69) is 81.3 Å². The van der Waals surface area contributed by atoms with E-state index in [0.29, 0.717) is 6.54 Å². The fourth-order valence-electron chi connectivity index (χ4n) is 10.3. The molecule has 64 heavy (non-hydrogen) atoms. The van der Waals surface area contributed by atoms with Crippen LogP contribution in [0.4, 0.5) is 9.59 Å². The Labute approximate surface area is 373 Å². The number of likely N-dealkylation sites (tertiary alicyclic amines) is 2. The van der Waals surface area contributed by atoms with E-state index in [-0.39, 0.29) is 47.2 Å². The highest BCUT2D eigenvalue weighted by atomic mass is 16.5. The zero-order valence-corrected chi connectivity index (χ0v) is 37.6. The van der Waals surface area contributed by atoms with Crippen LogP contribution in [0.3, 0.4) is 0 Å². The number of rotatable bonds is 12. The first-order chi connectivity index (χ1) is 30.7. The second kappa shape index (κ2) is 16.7. The molecule has 9 rings (SSSR count). The topological polar surface area (TPSA) is 184 Å². The summed E-state index contributed by atoms with van der Waals surface area (Å²) >= 11 is 0. The smallest absolute Gasteiger partial charge is 0.407 e. The van der Waals surface area contributed by atoms with Gasteiger partial charge in [0, 0.05) is 25.3 Å². The van der Waals surface area contributed by atoms with E-state index >= 15 is 0 Å². The normalized spacial score (nSPS) is 21.9. The van der Waals surface area contributed by atoms with Gasteiger partial charge in [-0.05, 0) is 109 Å². The van der Waals surface area contributed by atoms with E-state index in [4.69, 9.17) is 24.2 Å². The van der Waals surface area contributed by atoms with E-state index in [9.17, 15) is 19.2 Å². The second-order valence-corrected chi connectivity index (χ2v) is 19.1. The summed E-state index contributed by atoms with van der Waals surface area (Å²) in [5.41, 5.74) is 5.04. The molecule has 4 N–H and O–H groups in total. The summed E-state index contributed by atoms with van der Waals surface area (Å²) < 4.78 is 15.4. The Balaban J connectivity index is 0.897. The molecule has 15 nitrogen and oxygen atoms in total. The van der Waals surface area contributed by atoms with Gasteiger partial charge in [0.2, 0.25) is 11.8 Å². The molecule has 0 unspecified atom stereocenters. The van der Waals surface area contributed by atoms with E-state index in [0.717, 1.165) is 94.6 Å². The Kier molecular flexibility index (Phi) is 11.2. The van der Waals surface area contributed by atoms with Crippen LogP contribution in [-0.2, 0) is 23.8 Å². The Morgan fingerprint density at radius 3 is 2.02 bits per heavy atom. The molecule has 5 aromatic rings. The van der Waals surface area contributed by atoms with E-state index in [1.165, 1.54) is 21.3 Å². The Bertz CT molecular complexity index is 2580. The minimum absolute atomic E-state index is 0.0550. The number of carbonyl (C=O) groups excluding carboxylic acids is 4. The maximum atomic E-state index is 14.3. The fraction of sp³-hybridized carbons (Fsp3) is 0.469. The van der Waals surface area contributed by atoms with Crippen LogP contribution in [0.15, 0.2) is 73.1 Å². The van der Waals surface area contributed by atoms with E-state index in [1.54, 1.807) is 13.8 Å². The van der Waals surface area contributed by atoms with Crippen LogP contribution >= 0.6 is 0 Å². The molecular weight excluding hydrogens is 813 g/mol. The maximum Gasteiger partial charge on any atom is 0.407 e. The molecule has 4 heterocycles. The Hall–Kier alpha value is -6.22. The molecule has 336 valence electrons. The van der Waals surface area contributed by atoms with Crippen LogP contribution in [0.2, 0.25) is 0 Å². The number of hydrogen-bond acceptors (Lipinski definition) is 9. The molecule has 2 aliphatic carbocycles. The lowest BCUT2D eigenvalue weighted by molar-refractivity contribution is -0.145. The van der Waals surface area contributed by atoms with Gasteiger partial charge in [0.25, 0.3) is 0 Å². The predicted molar refractivity (Wildman–Crippen MR) is 241 cm³/mol. The standard InChI is InChI=1S/C49H58N8O7/c1-27(2)39(54-46(60)62-5)44(58)56-26-49(18-19-49)23-38(56)42-50-24-36(52-42)29-10-8-28(9-11-29)30-12-13-32-21-33(15-14-31(32)20-30)37-25-51-43(53-37)40-34-16-17-35(22-34)57(40)45(59)41(48(3,4)64-7)55-47(61)63-6/h8-15,20-21,24-25,27,34-35,38-41H,16-19,22-23,26H2,1-7H3,(H,50,52)(H,51,53)(H,54,60)(H,55,61)/t34-,35+,38-,39-,40-,41+/m0/s1. The van der Waals surface area contributed by atoms with Crippen molar-refractivity contribution in [1.82, 2.24) is 40.4 Å². The molecule has 6 atom stereocenters. The lowest BCUT2D eigenvalue weighted by atomic mass is 9.93. The van der Waals surface area contributed by atoms with Crippen molar-refractivity contribution in [2.24, 2.45) is 17.3 Å². The van der Waals surface area contributed by atoms with Crippen molar-refractivity contribution >= 4 is 34.8 Å². The third-order valence-corrected chi connectivity index (χ3v) is 14.4. The number of nitrogens with zero attached hydrogens (tertiary/aromatic N) is 4. The summed E-state index contributed by atoms with van der Waals surface area (Å²) in [6, 6.07) is 19.2. The monoisotopic (exact) mass is 870 g/mol. The summed E-state index contributed by atoms with van der Waals surface area (Å²) in [5, 5.41) is 7.67. The average molecular weight is 871 g/mol. The third kappa shape index (κ3) is 7.99. The largest absolute Gasteiger partial charge is 0.453 e. The van der Waals surface area contributed by atoms with Crippen molar-refractivity contribution < 1.29 is 33.4 Å². The quantitative estimate of drug-likeness (QED) is 0.0968. The molecule has 1 spiro atoms. The van der Waals surface area contributed by atoms with Crippen molar-refractivity contribution in [3.63, 3.8) is 0 Å². The van der Waals surface area contributed by atoms with Crippen LogP contribution < -0.4 is 10.6 Å². The highest BCUT2D eigenvalue weighted by Crippen LogP contribution is 2.58. The summed E-state index contributed by atoms with van der Waals surface area (Å²) in [6.07, 6.45) is 8.19. The Morgan fingerprint density at radius 1 is 0.766 bits per heavy atom. The van der Waals surface area contributed by atoms with Gasteiger partial charge in [0.1, 0.15) is 23.7 Å². The van der Waals surface area contributed by atoms with Crippen molar-refractivity contribution in [3.05, 3.63) is 84.7 Å². The minimum atomic E-state index is -0.972. The second-order valence-electron chi connectivity index (χ2n) is 19.1. The number of nitrogens with one attached hydrogen (secondary N) is 4. The molecule has 2 aromatic heterocycles. The van der Waals surface area contributed by atoms with Crippen molar-refractivity contribution in [2.45, 2.75) is 102 Å². The van der Waals surface area contributed by atoms with Gasteiger partial charge in [0.15, 0.2) is 0 Å². The van der Waals surface area contributed by atoms with Gasteiger partial charge in [-0.15, -0.1) is 0 Å². The summed E-state index contributed by atoms with van der Waals surface area (Å²) in [7, 11) is 4.12. The van der Waals surface area contributed by atoms with Gasteiger partial charge >= 0.3 is 12.2 Å². The van der Waals surface area contributed by atoms with Gasteiger partial charge in [0.05, 0.1) is 55.7 Å². The first-order valence-electron chi connectivity index (χ1n) is 22.3. The van der Waals surface area contributed by atoms with Crippen molar-refractivity contribution in [3.8, 4) is 33.6 Å². The van der Waals surface area contributed by atoms with Gasteiger partial charge in [-0.25, -0.2) is 19.6 Å². The molecule has 2 bridgehead atoms. The molecule has 4 amide bonds. The summed E-state index contributed by atoms with van der Waals surface area (Å²) in [5.74, 6) is 1.32. The molecule has 15 heteroatoms. The minimum Gasteiger partial charge on any atom is -0.453 e. The first-order valence-corrected chi connectivity index (χ1v) is 22.3. The third-order valence-electron chi connectivity index (χ3n) is 14.4. The number of fused-ring (bicyclic) bond motifs is 3. The molecule has 4 aliphatic rings. The number of piperidine rings is 1. The van der Waals surface area contributed by atoms with Crippen LogP contribution in [0.5, 0.6) is 0 Å². The zero-order valence-electron chi connectivity index (χ0n) is 37.6. The highest BCUT2D eigenvalue weighted by Gasteiger charge is 2.56. The number of H-pyrrole nitrogens is 2. The lowest BCUT2D eigenvalue weighted by Crippen LogP contribution is -2.60. The number of methoxy groups -OCH3 is 3. The number of carbonyl (C=O) groups is 4. The van der Waals surface area contributed by atoms with Gasteiger partial charge < -0.3 is 44.6 Å². The van der Waals surface area contributed by atoms with E-state index < -0.39 is 29.9 Å². The van der Waals surface area contributed by atoms with Gasteiger partial charge in [-0.2, -0.15) is 0 Å². The molecule has 2 saturated heterocycles. The zero-order chi connectivity index (χ0) is 45.1. The number of ether oxygens (including phenoxy) is 3. The maximum absolute atomic E-state index is 14.3. The molecule has 4 fully saturated rings. The number of benzene rings is 3. The lowest BCUT2D eigenvalue weighted by Gasteiger charge is -2.40. The number of imidazole rings is 2. The van der Waals surface area contributed by atoms with Crippen LogP contribution in [0, 0.1) is 17.3 Å². The SMILES string of the molecule is COC(=O)N[C@H](C(=O)N1CC2(CC2)C[C@H]1c1ncc(-c2ccc(-c3ccc4cc(-c5cnc([C@@H]6[C@H]7CC[C@H](C7)N6C(=O)[C@@H](NC(=O)OC)C(C)(C)OC)[nH]5)ccc4c3)cc2)[nH]1)C(C)C. The summed E-state index contributed by atoms with van der Waals surface area (Å²) in [4.78, 5) is 73.2. The van der Waals surface area contributed by atoms with Crippen molar-refractivity contribution in [2.75, 3.05) is 27.9 Å². The molecular formula is C49H58N8O7. The summed E-state index contributed by atoms with van der Waals surface area (Å²) in [6.45, 7) is 8.08. The molecule has 0 radical (unpaired) electrons. The average Bonchev–Trinajstić information content (AvgIpc) is 3.94. The number of aromatic amines is 2. The number of hydrogen-bond donors (Lipinski definition) is 4. The van der Waals surface area contributed by atoms with Crippen molar-refractivity contribution in [1.29, 1.82) is 0 Å². The fourth-order valence-corrected chi connectivity index (χ4v) is 10.3. The predicted octanol–water partition coefficient (Wildman–Crippen LogP) is 7.92. The van der Waals surface area contributed by atoms with Gasteiger partial charge in [-0.1, -0.05) is 62.4 Å². The number of alkyl carbamates (subject to hydrolysis) is 2. The Morgan fingerprint density at radius 2 is 1.36 bits per heavy atom. The number of amides is 4. The number of aromatic nitrogens is 4. The molecule has 2 saturated carbocycles. The first kappa shape index (κ1) is 43.1.